The zero-order valence-corrected chi connectivity index (χ0v) is 25.5. The van der Waals surface area contributed by atoms with Gasteiger partial charge in [-0.3, -0.25) is 13.9 Å². The molecule has 1 aliphatic rings. The fraction of sp³-hybridized carbons (Fsp3) is 0.375. The van der Waals surface area contributed by atoms with E-state index in [0.29, 0.717) is 28.3 Å². The first-order valence-corrected chi connectivity index (χ1v) is 16.1. The minimum atomic E-state index is -4.18. The van der Waals surface area contributed by atoms with Crippen LogP contribution in [0.5, 0.6) is 0 Å². The molecule has 7 nitrogen and oxygen atoms in total. The van der Waals surface area contributed by atoms with Crippen molar-refractivity contribution in [2.45, 2.75) is 75.9 Å². The zero-order chi connectivity index (χ0) is 30.3. The van der Waals surface area contributed by atoms with Crippen molar-refractivity contribution in [1.82, 2.24) is 10.2 Å². The number of hydrogen-bond donors (Lipinski definition) is 1. The lowest BCUT2D eigenvalue weighted by Crippen LogP contribution is -2.54. The highest BCUT2D eigenvalue weighted by atomic mass is 35.5. The van der Waals surface area contributed by atoms with E-state index in [1.165, 1.54) is 29.2 Å². The molecule has 0 bridgehead atoms. The van der Waals surface area contributed by atoms with Crippen molar-refractivity contribution in [3.05, 3.63) is 94.8 Å². The van der Waals surface area contributed by atoms with Crippen LogP contribution in [0, 0.1) is 12.7 Å². The Balaban J connectivity index is 1.72. The van der Waals surface area contributed by atoms with Gasteiger partial charge in [0.1, 0.15) is 18.4 Å². The molecular weight excluding hydrogens is 577 g/mol. The molecule has 0 heterocycles. The van der Waals surface area contributed by atoms with Crippen LogP contribution in [-0.4, -0.2) is 43.8 Å². The maximum absolute atomic E-state index is 14.2. The molecule has 0 saturated heterocycles. The smallest absolute Gasteiger partial charge is 0.264 e. The van der Waals surface area contributed by atoms with E-state index in [9.17, 15) is 22.4 Å². The van der Waals surface area contributed by atoms with E-state index in [2.05, 4.69) is 5.32 Å². The number of benzene rings is 3. The fourth-order valence-corrected chi connectivity index (χ4v) is 7.11. The largest absolute Gasteiger partial charge is 0.352 e. The molecule has 2 amide bonds. The number of aryl methyl sites for hydroxylation is 1. The molecule has 42 heavy (non-hydrogen) atoms. The molecule has 10 heteroatoms. The van der Waals surface area contributed by atoms with E-state index >= 15 is 0 Å². The van der Waals surface area contributed by atoms with Gasteiger partial charge in [0, 0.05) is 17.6 Å². The van der Waals surface area contributed by atoms with Gasteiger partial charge in [-0.05, 0) is 79.8 Å². The number of halogens is 2. The van der Waals surface area contributed by atoms with Crippen molar-refractivity contribution in [1.29, 1.82) is 0 Å². The zero-order valence-electron chi connectivity index (χ0n) is 23.9. The second kappa shape index (κ2) is 14.2. The molecule has 0 spiro atoms. The molecule has 1 atom stereocenters. The van der Waals surface area contributed by atoms with Gasteiger partial charge in [-0.15, -0.1) is 0 Å². The van der Waals surface area contributed by atoms with Crippen molar-refractivity contribution < 1.29 is 22.4 Å². The lowest BCUT2D eigenvalue weighted by atomic mass is 9.95. The Bertz CT molecular complexity index is 1480. The van der Waals surface area contributed by atoms with Crippen LogP contribution in [0.2, 0.25) is 5.02 Å². The second-order valence-corrected chi connectivity index (χ2v) is 13.0. The van der Waals surface area contributed by atoms with Gasteiger partial charge < -0.3 is 10.2 Å². The Hall–Kier alpha value is -3.43. The number of carbonyl (C=O) groups is 2. The molecule has 3 aromatic rings. The number of rotatable bonds is 11. The predicted octanol–water partition coefficient (Wildman–Crippen LogP) is 6.24. The molecule has 1 saturated carbocycles. The molecule has 1 N–H and O–H groups in total. The number of amides is 2. The summed E-state index contributed by atoms with van der Waals surface area (Å²) in [5.74, 6) is -1.25. The van der Waals surface area contributed by atoms with Crippen molar-refractivity contribution in [2.75, 3.05) is 10.8 Å². The first-order valence-electron chi connectivity index (χ1n) is 14.3. The summed E-state index contributed by atoms with van der Waals surface area (Å²) in [5.41, 5.74) is 1.49. The van der Waals surface area contributed by atoms with Crippen LogP contribution >= 0.6 is 11.6 Å². The Morgan fingerprint density at radius 3 is 2.29 bits per heavy atom. The summed E-state index contributed by atoms with van der Waals surface area (Å²) in [6.45, 7) is 3.00. The van der Waals surface area contributed by atoms with Gasteiger partial charge >= 0.3 is 0 Å². The number of nitrogens with zero attached hydrogens (tertiary/aromatic N) is 2. The van der Waals surface area contributed by atoms with Gasteiger partial charge in [0.2, 0.25) is 11.8 Å². The standard InChI is InChI=1S/C32H37ClFN3O4S/c1-3-29(32(39)35-27-10-6-4-7-11-27)36(21-24-14-17-26(34)18-15-24)31(38)22-37(30-19-16-25(33)20-23(30)2)42(40,41)28-12-8-5-9-13-28/h5,8-9,12-20,27,29H,3-4,6-7,10-11,21-22H2,1-2H3,(H,35,39). The average Bonchev–Trinajstić information content (AvgIpc) is 2.98. The Labute approximate surface area is 252 Å². The Morgan fingerprint density at radius 1 is 1.00 bits per heavy atom. The van der Waals surface area contributed by atoms with Crippen molar-refractivity contribution in [3.8, 4) is 0 Å². The number of nitrogens with one attached hydrogen (secondary N) is 1. The molecule has 0 aliphatic heterocycles. The number of carbonyl (C=O) groups excluding carboxylic acids is 2. The van der Waals surface area contributed by atoms with E-state index in [0.717, 1.165) is 36.4 Å². The van der Waals surface area contributed by atoms with Crippen LogP contribution in [0.3, 0.4) is 0 Å². The third-order valence-corrected chi connectivity index (χ3v) is 9.65. The molecule has 0 aromatic heterocycles. The van der Waals surface area contributed by atoms with E-state index in [4.69, 9.17) is 11.6 Å². The summed E-state index contributed by atoms with van der Waals surface area (Å²) in [6.07, 6.45) is 5.28. The SMILES string of the molecule is CCC(C(=O)NC1CCCCC1)N(Cc1ccc(F)cc1)C(=O)CN(c1ccc(Cl)cc1C)S(=O)(=O)c1ccccc1. The van der Waals surface area contributed by atoms with Crippen molar-refractivity contribution >= 4 is 39.1 Å². The minimum absolute atomic E-state index is 0.00846. The summed E-state index contributed by atoms with van der Waals surface area (Å²) >= 11 is 6.17. The summed E-state index contributed by atoms with van der Waals surface area (Å²) in [6, 6.07) is 17.6. The van der Waals surface area contributed by atoms with Gasteiger partial charge in [-0.25, -0.2) is 12.8 Å². The first-order chi connectivity index (χ1) is 20.1. The van der Waals surface area contributed by atoms with Gasteiger partial charge in [-0.2, -0.15) is 0 Å². The van der Waals surface area contributed by atoms with Gasteiger partial charge in [0.15, 0.2) is 0 Å². The summed E-state index contributed by atoms with van der Waals surface area (Å²) < 4.78 is 42.7. The highest BCUT2D eigenvalue weighted by Crippen LogP contribution is 2.29. The number of sulfonamides is 1. The van der Waals surface area contributed by atoms with Crippen LogP contribution in [0.15, 0.2) is 77.7 Å². The van der Waals surface area contributed by atoms with E-state index in [1.54, 1.807) is 55.5 Å². The minimum Gasteiger partial charge on any atom is -0.352 e. The van der Waals surface area contributed by atoms with Gasteiger partial charge in [-0.1, -0.05) is 68.1 Å². The quantitative estimate of drug-likeness (QED) is 0.277. The van der Waals surface area contributed by atoms with Crippen LogP contribution in [-0.2, 0) is 26.2 Å². The summed E-state index contributed by atoms with van der Waals surface area (Å²) in [7, 11) is -4.18. The third-order valence-electron chi connectivity index (χ3n) is 7.64. The summed E-state index contributed by atoms with van der Waals surface area (Å²) in [5, 5.41) is 3.55. The highest BCUT2D eigenvalue weighted by Gasteiger charge is 2.34. The van der Waals surface area contributed by atoms with Crippen LogP contribution in [0.1, 0.15) is 56.6 Å². The van der Waals surface area contributed by atoms with Gasteiger partial charge in [0.05, 0.1) is 10.6 Å². The normalized spacial score (nSPS) is 14.7. The lowest BCUT2D eigenvalue weighted by molar-refractivity contribution is -0.140. The van der Waals surface area contributed by atoms with E-state index in [1.807, 2.05) is 6.92 Å². The van der Waals surface area contributed by atoms with Crippen molar-refractivity contribution in [3.63, 3.8) is 0 Å². The molecular formula is C32H37ClFN3O4S. The Morgan fingerprint density at radius 2 is 1.67 bits per heavy atom. The lowest BCUT2D eigenvalue weighted by Gasteiger charge is -2.34. The number of hydrogen-bond acceptors (Lipinski definition) is 4. The molecule has 4 rings (SSSR count). The second-order valence-electron chi connectivity index (χ2n) is 10.7. The maximum Gasteiger partial charge on any atom is 0.264 e. The molecule has 3 aromatic carbocycles. The molecule has 1 aliphatic carbocycles. The van der Waals surface area contributed by atoms with Crippen LogP contribution in [0.4, 0.5) is 10.1 Å². The molecule has 0 radical (unpaired) electrons. The summed E-state index contributed by atoms with van der Waals surface area (Å²) in [4.78, 5) is 29.2. The van der Waals surface area contributed by atoms with Crippen LogP contribution < -0.4 is 9.62 Å². The average molecular weight is 614 g/mol. The van der Waals surface area contributed by atoms with E-state index in [-0.39, 0.29) is 23.4 Å². The number of anilines is 1. The third kappa shape index (κ3) is 7.69. The Kier molecular flexibility index (Phi) is 10.6. The molecule has 224 valence electrons. The topological polar surface area (TPSA) is 86.8 Å². The first kappa shape index (κ1) is 31.5. The predicted molar refractivity (Wildman–Crippen MR) is 163 cm³/mol. The highest BCUT2D eigenvalue weighted by molar-refractivity contribution is 7.92. The fourth-order valence-electron chi connectivity index (χ4n) is 5.38. The van der Waals surface area contributed by atoms with Crippen LogP contribution in [0.25, 0.3) is 0 Å². The monoisotopic (exact) mass is 613 g/mol. The molecule has 1 unspecified atom stereocenters. The van der Waals surface area contributed by atoms with Crippen molar-refractivity contribution in [2.24, 2.45) is 0 Å². The van der Waals surface area contributed by atoms with Gasteiger partial charge in [0.25, 0.3) is 10.0 Å². The maximum atomic E-state index is 14.2. The van der Waals surface area contributed by atoms with E-state index < -0.39 is 34.3 Å². The molecule has 1 fully saturated rings.